The number of nitrogens with zero attached hydrogens (tertiary/aromatic N) is 2. The highest BCUT2D eigenvalue weighted by atomic mass is 35.5. The van der Waals surface area contributed by atoms with Crippen molar-refractivity contribution < 1.29 is 13.0 Å². The zero-order valence-corrected chi connectivity index (χ0v) is 12.6. The number of imidazole rings is 1. The summed E-state index contributed by atoms with van der Waals surface area (Å²) in [5.74, 6) is 0.216. The zero-order valence-electron chi connectivity index (χ0n) is 11.0. The molecular formula is C13H15ClF2N2OS. The van der Waals surface area contributed by atoms with Gasteiger partial charge in [-0.1, -0.05) is 0 Å². The van der Waals surface area contributed by atoms with Gasteiger partial charge in [-0.3, -0.25) is 4.21 Å². The molecule has 1 heterocycles. The van der Waals surface area contributed by atoms with Crippen molar-refractivity contribution in [2.75, 3.05) is 17.9 Å². The zero-order chi connectivity index (χ0) is 14.7. The van der Waals surface area contributed by atoms with Crippen LogP contribution >= 0.6 is 11.6 Å². The van der Waals surface area contributed by atoms with Gasteiger partial charge >= 0.3 is 0 Å². The fraction of sp³-hybridized carbons (Fsp3) is 0.462. The molecule has 2 aromatic rings. The van der Waals surface area contributed by atoms with Crippen LogP contribution in [-0.4, -0.2) is 31.6 Å². The molecule has 1 atom stereocenters. The van der Waals surface area contributed by atoms with Gasteiger partial charge in [0, 0.05) is 47.7 Å². The Balaban J connectivity index is 2.42. The average molecular weight is 321 g/mol. The van der Waals surface area contributed by atoms with Gasteiger partial charge in [0.15, 0.2) is 5.82 Å². The van der Waals surface area contributed by atoms with Crippen LogP contribution in [-0.2, 0) is 23.8 Å². The fourth-order valence-electron chi connectivity index (χ4n) is 2.15. The quantitative estimate of drug-likeness (QED) is 0.767. The van der Waals surface area contributed by atoms with Crippen molar-refractivity contribution in [2.24, 2.45) is 0 Å². The number of fused-ring (bicyclic) bond motifs is 1. The van der Waals surface area contributed by atoms with Gasteiger partial charge in [-0.25, -0.2) is 13.8 Å². The minimum Gasteiger partial charge on any atom is -0.328 e. The van der Waals surface area contributed by atoms with Gasteiger partial charge in [0.2, 0.25) is 0 Å². The van der Waals surface area contributed by atoms with Crippen LogP contribution in [0, 0.1) is 11.6 Å². The van der Waals surface area contributed by atoms with E-state index in [9.17, 15) is 13.0 Å². The van der Waals surface area contributed by atoms with E-state index in [-0.39, 0.29) is 5.52 Å². The van der Waals surface area contributed by atoms with E-state index in [1.54, 1.807) is 10.8 Å². The van der Waals surface area contributed by atoms with Crippen molar-refractivity contribution >= 4 is 33.4 Å². The molecule has 1 unspecified atom stereocenters. The molecule has 110 valence electrons. The number of rotatable bonds is 6. The summed E-state index contributed by atoms with van der Waals surface area (Å²) >= 11 is 5.72. The minimum absolute atomic E-state index is 0.157. The first kappa shape index (κ1) is 15.4. The maximum atomic E-state index is 13.7. The van der Waals surface area contributed by atoms with E-state index in [4.69, 9.17) is 11.6 Å². The lowest BCUT2D eigenvalue weighted by molar-refractivity contribution is 0.589. The van der Waals surface area contributed by atoms with E-state index >= 15 is 0 Å². The molecule has 3 nitrogen and oxygen atoms in total. The number of hydrogen-bond acceptors (Lipinski definition) is 2. The van der Waals surface area contributed by atoms with E-state index in [2.05, 4.69) is 4.98 Å². The number of benzene rings is 1. The van der Waals surface area contributed by atoms with E-state index in [1.165, 1.54) is 6.07 Å². The third-order valence-corrected chi connectivity index (χ3v) is 4.04. The Morgan fingerprint density at radius 1 is 1.40 bits per heavy atom. The predicted octanol–water partition coefficient (Wildman–Crippen LogP) is 2.86. The first-order valence-corrected chi connectivity index (χ1v) is 8.49. The average Bonchev–Trinajstić information content (AvgIpc) is 2.68. The van der Waals surface area contributed by atoms with Gasteiger partial charge in [0.25, 0.3) is 0 Å². The standard InChI is InChI=1S/C13H15ClF2N2OS/c1-20(19)6-2-5-18-11-8-9(15)7-10(16)13(11)17-12(18)3-4-14/h7-8H,2-6H2,1H3. The highest BCUT2D eigenvalue weighted by molar-refractivity contribution is 7.84. The van der Waals surface area contributed by atoms with Crippen LogP contribution in [0.25, 0.3) is 11.0 Å². The van der Waals surface area contributed by atoms with Crippen LogP contribution in [0.1, 0.15) is 12.2 Å². The smallest absolute Gasteiger partial charge is 0.153 e. The van der Waals surface area contributed by atoms with Gasteiger partial charge in [0.1, 0.15) is 17.2 Å². The normalized spacial score (nSPS) is 13.0. The third-order valence-electron chi connectivity index (χ3n) is 2.98. The Bertz CT molecular complexity index is 645. The molecule has 7 heteroatoms. The first-order chi connectivity index (χ1) is 9.52. The van der Waals surface area contributed by atoms with Crippen LogP contribution in [0.5, 0.6) is 0 Å². The summed E-state index contributed by atoms with van der Waals surface area (Å²) in [4.78, 5) is 4.20. The topological polar surface area (TPSA) is 34.9 Å². The molecule has 0 aliphatic heterocycles. The molecule has 0 bridgehead atoms. The summed E-state index contributed by atoms with van der Waals surface area (Å²) in [5.41, 5.74) is 0.577. The molecule has 0 aliphatic rings. The lowest BCUT2D eigenvalue weighted by Crippen LogP contribution is -2.07. The molecule has 0 fully saturated rings. The first-order valence-electron chi connectivity index (χ1n) is 6.23. The molecule has 0 saturated heterocycles. The molecule has 0 N–H and O–H groups in total. The third kappa shape index (κ3) is 3.35. The molecule has 1 aromatic carbocycles. The molecule has 0 saturated carbocycles. The van der Waals surface area contributed by atoms with Crippen LogP contribution in [0.15, 0.2) is 12.1 Å². The molecule has 0 radical (unpaired) electrons. The number of aryl methyl sites for hydroxylation is 2. The minimum atomic E-state index is -0.888. The number of alkyl halides is 1. The molecule has 20 heavy (non-hydrogen) atoms. The largest absolute Gasteiger partial charge is 0.328 e. The van der Waals surface area contributed by atoms with Crippen molar-refractivity contribution in [1.29, 1.82) is 0 Å². The van der Waals surface area contributed by atoms with Gasteiger partial charge in [-0.2, -0.15) is 0 Å². The highest BCUT2D eigenvalue weighted by Crippen LogP contribution is 2.22. The number of hydrogen-bond donors (Lipinski definition) is 0. The van der Waals surface area contributed by atoms with Crippen molar-refractivity contribution in [2.45, 2.75) is 19.4 Å². The number of aromatic nitrogens is 2. The summed E-state index contributed by atoms with van der Waals surface area (Å²) in [5, 5.41) is 0. The van der Waals surface area contributed by atoms with Crippen molar-refractivity contribution in [1.82, 2.24) is 9.55 Å². The molecule has 0 aliphatic carbocycles. The van der Waals surface area contributed by atoms with E-state index in [0.717, 1.165) is 6.07 Å². The SMILES string of the molecule is CS(=O)CCCn1c(CCCl)nc2c(F)cc(F)cc21. The predicted molar refractivity (Wildman–Crippen MR) is 77.6 cm³/mol. The van der Waals surface area contributed by atoms with Gasteiger partial charge in [0.05, 0.1) is 5.52 Å². The van der Waals surface area contributed by atoms with E-state index in [0.29, 0.717) is 42.4 Å². The monoisotopic (exact) mass is 320 g/mol. The molecule has 2 rings (SSSR count). The second-order valence-electron chi connectivity index (χ2n) is 4.50. The van der Waals surface area contributed by atoms with Crippen LogP contribution in [0.4, 0.5) is 8.78 Å². The van der Waals surface area contributed by atoms with E-state index < -0.39 is 22.4 Å². The highest BCUT2D eigenvalue weighted by Gasteiger charge is 2.15. The van der Waals surface area contributed by atoms with Crippen molar-refractivity contribution in [3.63, 3.8) is 0 Å². The Morgan fingerprint density at radius 3 is 2.80 bits per heavy atom. The summed E-state index contributed by atoms with van der Waals surface area (Å²) < 4.78 is 40.0. The summed E-state index contributed by atoms with van der Waals surface area (Å²) in [6.07, 6.45) is 2.76. The second-order valence-corrected chi connectivity index (χ2v) is 6.44. The molecule has 0 amide bonds. The van der Waals surface area contributed by atoms with Crippen LogP contribution in [0.2, 0.25) is 0 Å². The molecular weight excluding hydrogens is 306 g/mol. The summed E-state index contributed by atoms with van der Waals surface area (Å²) in [6, 6.07) is 2.09. The maximum Gasteiger partial charge on any atom is 0.153 e. The Hall–Kier alpha value is -1.01. The van der Waals surface area contributed by atoms with Gasteiger partial charge in [-0.05, 0) is 12.5 Å². The van der Waals surface area contributed by atoms with Crippen LogP contribution < -0.4 is 0 Å². The van der Waals surface area contributed by atoms with Crippen molar-refractivity contribution in [3.05, 3.63) is 29.6 Å². The lowest BCUT2D eigenvalue weighted by Gasteiger charge is -2.08. The second kappa shape index (κ2) is 6.63. The van der Waals surface area contributed by atoms with Gasteiger partial charge < -0.3 is 4.57 Å². The number of halogens is 3. The maximum absolute atomic E-state index is 13.7. The summed E-state index contributed by atoms with van der Waals surface area (Å²) in [7, 11) is -0.888. The fourth-order valence-corrected chi connectivity index (χ4v) is 2.85. The van der Waals surface area contributed by atoms with Crippen LogP contribution in [0.3, 0.4) is 0 Å². The Labute approximate surface area is 123 Å². The Kier molecular flexibility index (Phi) is 5.10. The van der Waals surface area contributed by atoms with Gasteiger partial charge in [-0.15, -0.1) is 11.6 Å². The molecule has 0 spiro atoms. The van der Waals surface area contributed by atoms with Crippen molar-refractivity contribution in [3.8, 4) is 0 Å². The lowest BCUT2D eigenvalue weighted by atomic mass is 10.3. The molecule has 1 aromatic heterocycles. The summed E-state index contributed by atoms with van der Waals surface area (Å²) in [6.45, 7) is 0.519. The van der Waals surface area contributed by atoms with E-state index in [1.807, 2.05) is 0 Å². The Morgan fingerprint density at radius 2 is 2.15 bits per heavy atom.